The van der Waals surface area contributed by atoms with E-state index in [2.05, 4.69) is 4.98 Å². The number of rotatable bonds is 1. The maximum Gasteiger partial charge on any atom is 0.410 e. The Morgan fingerprint density at radius 2 is 1.93 bits per heavy atom. The van der Waals surface area contributed by atoms with Crippen LogP contribution in [0.4, 0.5) is 10.5 Å². The molecule has 0 unspecified atom stereocenters. The lowest BCUT2D eigenvalue weighted by Gasteiger charge is -2.43. The molecule has 0 bridgehead atoms. The van der Waals surface area contributed by atoms with Gasteiger partial charge in [-0.3, -0.25) is 14.5 Å². The number of oxazole rings is 1. The van der Waals surface area contributed by atoms with E-state index in [-0.39, 0.29) is 18.1 Å². The van der Waals surface area contributed by atoms with Gasteiger partial charge in [0.15, 0.2) is 17.8 Å². The molecule has 1 spiro atoms. The first-order valence-corrected chi connectivity index (χ1v) is 9.37. The van der Waals surface area contributed by atoms with Crippen LogP contribution in [0, 0.1) is 0 Å². The number of nitrogens with zero attached hydrogens (tertiary/aromatic N) is 3. The zero-order valence-corrected chi connectivity index (χ0v) is 16.2. The third-order valence-electron chi connectivity index (χ3n) is 5.32. The largest absolute Gasteiger partial charge is 0.444 e. The fourth-order valence-corrected chi connectivity index (χ4v) is 4.01. The molecule has 8 nitrogen and oxygen atoms in total. The van der Waals surface area contributed by atoms with Gasteiger partial charge in [0.25, 0.3) is 0 Å². The number of piperidine rings is 1. The lowest BCUT2D eigenvalue weighted by atomic mass is 9.83. The Bertz CT molecular complexity index is 950. The molecule has 1 aromatic heterocycles. The number of likely N-dealkylation sites (tertiary alicyclic amines) is 1. The molecule has 1 aromatic carbocycles. The molecular formula is C20H23N3O5. The molecule has 8 heteroatoms. The highest BCUT2D eigenvalue weighted by molar-refractivity contribution is 6.20. The van der Waals surface area contributed by atoms with E-state index in [0.717, 1.165) is 0 Å². The number of hydrogen-bond acceptors (Lipinski definition) is 6. The molecule has 0 atom stereocenters. The van der Waals surface area contributed by atoms with E-state index in [4.69, 9.17) is 9.15 Å². The highest BCUT2D eigenvalue weighted by Gasteiger charge is 2.54. The van der Waals surface area contributed by atoms with E-state index >= 15 is 0 Å². The Hall–Kier alpha value is -2.90. The van der Waals surface area contributed by atoms with Crippen LogP contribution >= 0.6 is 0 Å². The molecule has 4 rings (SSSR count). The van der Waals surface area contributed by atoms with Gasteiger partial charge in [-0.15, -0.1) is 0 Å². The molecule has 0 aliphatic carbocycles. The van der Waals surface area contributed by atoms with Gasteiger partial charge in [-0.2, -0.15) is 0 Å². The summed E-state index contributed by atoms with van der Waals surface area (Å²) in [5.41, 5.74) is 0.377. The average Bonchev–Trinajstić information content (AvgIpc) is 3.16. The van der Waals surface area contributed by atoms with E-state index in [9.17, 15) is 14.4 Å². The van der Waals surface area contributed by atoms with E-state index < -0.39 is 17.2 Å². The summed E-state index contributed by atoms with van der Waals surface area (Å²) in [5.74, 6) is -0.319. The van der Waals surface area contributed by atoms with Crippen LogP contribution in [-0.4, -0.2) is 51.9 Å². The van der Waals surface area contributed by atoms with Crippen LogP contribution in [0.25, 0.3) is 11.1 Å². The van der Waals surface area contributed by atoms with Crippen LogP contribution < -0.4 is 4.90 Å². The molecule has 28 heavy (non-hydrogen) atoms. The van der Waals surface area contributed by atoms with Crippen LogP contribution in [-0.2, 0) is 14.3 Å². The van der Waals surface area contributed by atoms with Crippen molar-refractivity contribution in [2.75, 3.05) is 18.0 Å². The third-order valence-corrected chi connectivity index (χ3v) is 5.32. The van der Waals surface area contributed by atoms with Crippen LogP contribution in [0.3, 0.4) is 0 Å². The predicted molar refractivity (Wildman–Crippen MR) is 101 cm³/mol. The molecule has 0 N–H and O–H groups in total. The van der Waals surface area contributed by atoms with Crippen molar-refractivity contribution in [2.24, 2.45) is 0 Å². The van der Waals surface area contributed by atoms with Gasteiger partial charge in [-0.05, 0) is 51.8 Å². The van der Waals surface area contributed by atoms with Crippen LogP contribution in [0.1, 0.15) is 40.0 Å². The summed E-state index contributed by atoms with van der Waals surface area (Å²) in [5, 5.41) is 0. The van der Waals surface area contributed by atoms with Crippen LogP contribution in [0.5, 0.6) is 0 Å². The smallest absolute Gasteiger partial charge is 0.410 e. The van der Waals surface area contributed by atoms with Gasteiger partial charge in [0.1, 0.15) is 16.7 Å². The predicted octanol–water partition coefficient (Wildman–Crippen LogP) is 2.90. The van der Waals surface area contributed by atoms with E-state index in [1.165, 1.54) is 6.39 Å². The van der Waals surface area contributed by atoms with Crippen molar-refractivity contribution in [2.45, 2.75) is 51.2 Å². The Balaban J connectivity index is 1.59. The minimum atomic E-state index is -0.924. The van der Waals surface area contributed by atoms with Crippen molar-refractivity contribution < 1.29 is 23.5 Å². The highest BCUT2D eigenvalue weighted by atomic mass is 16.6. The minimum Gasteiger partial charge on any atom is -0.444 e. The molecule has 2 amide bonds. The van der Waals surface area contributed by atoms with E-state index in [1.54, 1.807) is 28.0 Å². The summed E-state index contributed by atoms with van der Waals surface area (Å²) in [6.07, 6.45) is 1.60. The quantitative estimate of drug-likeness (QED) is 0.701. The minimum absolute atomic E-state index is 0.0958. The molecule has 0 saturated carbocycles. The van der Waals surface area contributed by atoms with Crippen molar-refractivity contribution in [1.82, 2.24) is 9.88 Å². The number of ether oxygens (including phenoxy) is 1. The molecule has 2 aliphatic rings. The fraction of sp³-hybridized carbons (Fsp3) is 0.500. The Morgan fingerprint density at radius 1 is 1.21 bits per heavy atom. The van der Waals surface area contributed by atoms with Crippen LogP contribution in [0.2, 0.25) is 0 Å². The first-order chi connectivity index (χ1) is 13.2. The van der Waals surface area contributed by atoms with Crippen LogP contribution in [0.15, 0.2) is 29.0 Å². The summed E-state index contributed by atoms with van der Waals surface area (Å²) in [4.78, 5) is 45.2. The summed E-state index contributed by atoms with van der Waals surface area (Å²) < 4.78 is 10.7. The van der Waals surface area contributed by atoms with Crippen molar-refractivity contribution >= 4 is 34.6 Å². The van der Waals surface area contributed by atoms with Gasteiger partial charge >= 0.3 is 6.09 Å². The number of carbonyl (C=O) groups is 3. The fourth-order valence-electron chi connectivity index (χ4n) is 4.01. The lowest BCUT2D eigenvalue weighted by molar-refractivity contribution is -0.124. The van der Waals surface area contributed by atoms with Crippen molar-refractivity contribution in [3.8, 4) is 0 Å². The summed E-state index contributed by atoms with van der Waals surface area (Å²) in [7, 11) is 0. The molecule has 2 fully saturated rings. The lowest BCUT2D eigenvalue weighted by Crippen LogP contribution is -2.57. The maximum absolute atomic E-state index is 12.8. The molecular weight excluding hydrogens is 362 g/mol. The van der Waals surface area contributed by atoms with Crippen molar-refractivity contribution in [1.29, 1.82) is 0 Å². The Labute approximate surface area is 162 Å². The van der Waals surface area contributed by atoms with E-state index in [0.29, 0.717) is 42.7 Å². The Morgan fingerprint density at radius 3 is 2.61 bits per heavy atom. The number of hydrogen-bond donors (Lipinski definition) is 0. The standard InChI is InChI=1S/C20H23N3O5/c1-19(2,3)28-18(26)22-8-6-20(7-9-22)16(24)11-17(25)23(20)13-4-5-15-14(10-13)21-12-27-15/h4-5,10,12H,6-9,11H2,1-3H3. The van der Waals surface area contributed by atoms with Crippen molar-refractivity contribution in [3.05, 3.63) is 24.6 Å². The first kappa shape index (κ1) is 18.5. The van der Waals surface area contributed by atoms with E-state index in [1.807, 2.05) is 20.8 Å². The number of fused-ring (bicyclic) bond motifs is 1. The molecule has 2 saturated heterocycles. The van der Waals surface area contributed by atoms with Gasteiger partial charge in [0.2, 0.25) is 5.91 Å². The number of Topliss-reactive ketones (excluding diaryl/α,β-unsaturated/α-hetero) is 1. The number of carbonyl (C=O) groups excluding carboxylic acids is 3. The zero-order chi connectivity index (χ0) is 20.1. The number of amides is 2. The van der Waals surface area contributed by atoms with Gasteiger partial charge in [-0.1, -0.05) is 0 Å². The molecule has 0 radical (unpaired) electrons. The van der Waals surface area contributed by atoms with Gasteiger partial charge in [0.05, 0.1) is 6.42 Å². The monoisotopic (exact) mass is 385 g/mol. The van der Waals surface area contributed by atoms with Crippen molar-refractivity contribution in [3.63, 3.8) is 0 Å². The second-order valence-corrected chi connectivity index (χ2v) is 8.33. The number of aromatic nitrogens is 1. The summed E-state index contributed by atoms with van der Waals surface area (Å²) in [6, 6.07) is 5.28. The normalized spacial score (nSPS) is 19.7. The summed E-state index contributed by atoms with van der Waals surface area (Å²) in [6.45, 7) is 6.17. The highest BCUT2D eigenvalue weighted by Crippen LogP contribution is 2.41. The topological polar surface area (TPSA) is 93.0 Å². The maximum atomic E-state index is 12.8. The van der Waals surface area contributed by atoms with Gasteiger partial charge in [0, 0.05) is 18.8 Å². The Kier molecular flexibility index (Phi) is 4.17. The number of ketones is 1. The van der Waals surface area contributed by atoms with Gasteiger partial charge < -0.3 is 14.1 Å². The third kappa shape index (κ3) is 3.02. The van der Waals surface area contributed by atoms with Gasteiger partial charge in [-0.25, -0.2) is 9.78 Å². The molecule has 2 aromatic rings. The second-order valence-electron chi connectivity index (χ2n) is 8.33. The SMILES string of the molecule is CC(C)(C)OC(=O)N1CCC2(CC1)C(=O)CC(=O)N2c1ccc2ocnc2c1. The molecule has 2 aliphatic heterocycles. The first-order valence-electron chi connectivity index (χ1n) is 9.37. The number of anilines is 1. The molecule has 148 valence electrons. The summed E-state index contributed by atoms with van der Waals surface area (Å²) >= 11 is 0. The second kappa shape index (κ2) is 6.32. The zero-order valence-electron chi connectivity index (χ0n) is 16.2. The molecule has 3 heterocycles. The number of benzene rings is 1. The average molecular weight is 385 g/mol.